The summed E-state index contributed by atoms with van der Waals surface area (Å²) < 4.78 is 5.47. The Morgan fingerprint density at radius 3 is 2.53 bits per heavy atom. The molecular formula is C27H24ClN3O3. The monoisotopic (exact) mass is 473 g/mol. The number of hydrogen-bond donors (Lipinski definition) is 1. The Kier molecular flexibility index (Phi) is 6.09. The van der Waals surface area contributed by atoms with Gasteiger partial charge < -0.3 is 19.5 Å². The highest BCUT2D eigenvalue weighted by atomic mass is 35.5. The summed E-state index contributed by atoms with van der Waals surface area (Å²) >= 11 is 6.55. The minimum atomic E-state index is -0.441. The molecule has 1 N–H and O–H groups in total. The maximum Gasteiger partial charge on any atom is 0.344 e. The summed E-state index contributed by atoms with van der Waals surface area (Å²) in [6.07, 6.45) is 0. The molecule has 0 aliphatic carbocycles. The Hall–Kier alpha value is -3.61. The molecule has 0 spiro atoms. The minimum Gasteiger partial charge on any atom is -0.422 e. The molecule has 1 saturated heterocycles. The van der Waals surface area contributed by atoms with Crippen LogP contribution in [0.25, 0.3) is 22.1 Å². The molecule has 3 aromatic carbocycles. The number of hydrogen-bond acceptors (Lipinski definition) is 5. The second-order valence-electron chi connectivity index (χ2n) is 8.45. The van der Waals surface area contributed by atoms with E-state index in [0.29, 0.717) is 33.0 Å². The summed E-state index contributed by atoms with van der Waals surface area (Å²) in [6, 6.07) is 21.7. The minimum absolute atomic E-state index is 0.273. The first-order valence-electron chi connectivity index (χ1n) is 11.2. The molecule has 5 rings (SSSR count). The number of nitrogens with zero attached hydrogens (tertiary/aromatic N) is 2. The second-order valence-corrected chi connectivity index (χ2v) is 8.85. The number of piperazine rings is 1. The van der Waals surface area contributed by atoms with Crippen LogP contribution < -0.4 is 15.8 Å². The zero-order valence-corrected chi connectivity index (χ0v) is 19.5. The zero-order valence-electron chi connectivity index (χ0n) is 18.8. The number of nitrogens with one attached hydrogen (secondary N) is 1. The van der Waals surface area contributed by atoms with Crippen molar-refractivity contribution in [3.63, 3.8) is 0 Å². The quantitative estimate of drug-likeness (QED) is 0.417. The number of halogens is 1. The molecule has 0 unspecified atom stereocenters. The van der Waals surface area contributed by atoms with Crippen LogP contribution >= 0.6 is 11.6 Å². The lowest BCUT2D eigenvalue weighted by Crippen LogP contribution is -2.44. The molecule has 1 fully saturated rings. The normalized spacial score (nSPS) is 14.4. The third-order valence-electron chi connectivity index (χ3n) is 6.13. The fourth-order valence-corrected chi connectivity index (χ4v) is 4.55. The predicted molar refractivity (Wildman–Crippen MR) is 137 cm³/mol. The molecule has 1 aliphatic heterocycles. The van der Waals surface area contributed by atoms with Gasteiger partial charge in [-0.2, -0.15) is 0 Å². The Morgan fingerprint density at radius 1 is 0.941 bits per heavy atom. The lowest BCUT2D eigenvalue weighted by Gasteiger charge is -2.35. The van der Waals surface area contributed by atoms with Crippen molar-refractivity contribution in [1.29, 1.82) is 0 Å². The number of likely N-dealkylation sites (N-methyl/N-ethyl adjacent to an activating group) is 1. The van der Waals surface area contributed by atoms with Crippen LogP contribution in [0.1, 0.15) is 10.4 Å². The fourth-order valence-electron chi connectivity index (χ4n) is 4.25. The average Bonchev–Trinajstić information content (AvgIpc) is 2.84. The second kappa shape index (κ2) is 9.33. The van der Waals surface area contributed by atoms with E-state index in [0.717, 1.165) is 37.3 Å². The van der Waals surface area contributed by atoms with Gasteiger partial charge in [0.1, 0.15) is 5.58 Å². The molecule has 6 nitrogen and oxygen atoms in total. The summed E-state index contributed by atoms with van der Waals surface area (Å²) in [5, 5.41) is 4.44. The molecule has 1 aromatic heterocycles. The number of carbonyl (C=O) groups is 1. The van der Waals surface area contributed by atoms with Crippen molar-refractivity contribution in [2.45, 2.75) is 0 Å². The standard InChI is InChI=1S/C27H24ClN3O3/c1-30-12-14-31(15-13-30)25-22(28)9-5-10-23(25)29-26(32)20-8-4-7-18(16-20)21-17-19-6-2-3-11-24(19)34-27(21)33/h2-11,16-17H,12-15H2,1H3,(H,29,32). The molecule has 0 radical (unpaired) electrons. The maximum atomic E-state index is 13.2. The van der Waals surface area contributed by atoms with Crippen LogP contribution in [0.2, 0.25) is 5.02 Å². The third-order valence-corrected chi connectivity index (χ3v) is 6.44. The van der Waals surface area contributed by atoms with Gasteiger partial charge in [0.25, 0.3) is 5.91 Å². The van der Waals surface area contributed by atoms with E-state index in [1.165, 1.54) is 0 Å². The molecule has 34 heavy (non-hydrogen) atoms. The number of para-hydroxylation sites is 2. The summed E-state index contributed by atoms with van der Waals surface area (Å²) in [5.74, 6) is -0.273. The van der Waals surface area contributed by atoms with E-state index in [-0.39, 0.29) is 5.91 Å². The molecule has 0 saturated carbocycles. The van der Waals surface area contributed by atoms with Gasteiger partial charge >= 0.3 is 5.63 Å². The van der Waals surface area contributed by atoms with Gasteiger partial charge in [-0.05, 0) is 49.0 Å². The molecular weight excluding hydrogens is 450 g/mol. The van der Waals surface area contributed by atoms with Crippen molar-refractivity contribution in [3.05, 3.63) is 93.8 Å². The number of carbonyl (C=O) groups excluding carboxylic acids is 1. The van der Waals surface area contributed by atoms with Gasteiger partial charge in [0.05, 0.1) is 22.0 Å². The lowest BCUT2D eigenvalue weighted by atomic mass is 10.0. The smallest absolute Gasteiger partial charge is 0.344 e. The van der Waals surface area contributed by atoms with Crippen molar-refractivity contribution in [3.8, 4) is 11.1 Å². The van der Waals surface area contributed by atoms with Crippen molar-refractivity contribution in [2.24, 2.45) is 0 Å². The van der Waals surface area contributed by atoms with E-state index in [2.05, 4.69) is 22.2 Å². The molecule has 172 valence electrons. The van der Waals surface area contributed by atoms with Gasteiger partial charge in [0.15, 0.2) is 0 Å². The van der Waals surface area contributed by atoms with E-state index in [1.807, 2.05) is 36.4 Å². The fraction of sp³-hybridized carbons (Fsp3) is 0.185. The first-order valence-corrected chi connectivity index (χ1v) is 11.5. The first kappa shape index (κ1) is 22.2. The molecule has 2 heterocycles. The predicted octanol–water partition coefficient (Wildman–Crippen LogP) is 5.12. The summed E-state index contributed by atoms with van der Waals surface area (Å²) in [6.45, 7) is 3.51. The van der Waals surface area contributed by atoms with E-state index < -0.39 is 5.63 Å². The van der Waals surface area contributed by atoms with Crippen LogP contribution in [-0.2, 0) is 0 Å². The first-order chi connectivity index (χ1) is 16.5. The van der Waals surface area contributed by atoms with Gasteiger partial charge in [0, 0.05) is 37.1 Å². The number of amides is 1. The van der Waals surface area contributed by atoms with Crippen molar-refractivity contribution in [2.75, 3.05) is 43.4 Å². The van der Waals surface area contributed by atoms with Gasteiger partial charge in [-0.3, -0.25) is 4.79 Å². The maximum absolute atomic E-state index is 13.2. The Labute approximate surface area is 202 Å². The summed E-state index contributed by atoms with van der Waals surface area (Å²) in [5.41, 5.74) is 3.06. The molecule has 4 aromatic rings. The summed E-state index contributed by atoms with van der Waals surface area (Å²) in [4.78, 5) is 30.3. The molecule has 0 atom stereocenters. The highest BCUT2D eigenvalue weighted by Crippen LogP contribution is 2.35. The van der Waals surface area contributed by atoms with Gasteiger partial charge in [0.2, 0.25) is 0 Å². The van der Waals surface area contributed by atoms with Crippen molar-refractivity contribution in [1.82, 2.24) is 4.90 Å². The van der Waals surface area contributed by atoms with E-state index in [1.54, 1.807) is 36.4 Å². The van der Waals surface area contributed by atoms with E-state index in [9.17, 15) is 9.59 Å². The van der Waals surface area contributed by atoms with Crippen molar-refractivity contribution >= 4 is 39.9 Å². The highest BCUT2D eigenvalue weighted by molar-refractivity contribution is 6.34. The Balaban J connectivity index is 1.44. The number of anilines is 2. The van der Waals surface area contributed by atoms with Crippen LogP contribution in [-0.4, -0.2) is 44.0 Å². The SMILES string of the molecule is CN1CCN(c2c(Cl)cccc2NC(=O)c2cccc(-c3cc4ccccc4oc3=O)c2)CC1. The Morgan fingerprint density at radius 2 is 1.71 bits per heavy atom. The summed E-state index contributed by atoms with van der Waals surface area (Å²) in [7, 11) is 2.09. The number of benzene rings is 3. The third kappa shape index (κ3) is 4.42. The van der Waals surface area contributed by atoms with Crippen LogP contribution in [0, 0.1) is 0 Å². The van der Waals surface area contributed by atoms with Gasteiger partial charge in [-0.25, -0.2) is 4.79 Å². The zero-order chi connectivity index (χ0) is 23.7. The van der Waals surface area contributed by atoms with Gasteiger partial charge in [-0.1, -0.05) is 48.0 Å². The number of rotatable bonds is 4. The number of fused-ring (bicyclic) bond motifs is 1. The van der Waals surface area contributed by atoms with Crippen LogP contribution in [0.5, 0.6) is 0 Å². The average molecular weight is 474 g/mol. The molecule has 1 amide bonds. The van der Waals surface area contributed by atoms with Crippen LogP contribution in [0.3, 0.4) is 0 Å². The van der Waals surface area contributed by atoms with Gasteiger partial charge in [-0.15, -0.1) is 0 Å². The molecule has 1 aliphatic rings. The van der Waals surface area contributed by atoms with E-state index >= 15 is 0 Å². The molecule has 0 bridgehead atoms. The Bertz CT molecular complexity index is 1420. The lowest BCUT2D eigenvalue weighted by molar-refractivity contribution is 0.102. The topological polar surface area (TPSA) is 65.8 Å². The molecule has 7 heteroatoms. The van der Waals surface area contributed by atoms with E-state index in [4.69, 9.17) is 16.0 Å². The van der Waals surface area contributed by atoms with Crippen LogP contribution in [0.4, 0.5) is 11.4 Å². The highest BCUT2D eigenvalue weighted by Gasteiger charge is 2.21. The van der Waals surface area contributed by atoms with Crippen LogP contribution in [0.15, 0.2) is 82.0 Å². The van der Waals surface area contributed by atoms with Crippen molar-refractivity contribution < 1.29 is 9.21 Å². The largest absolute Gasteiger partial charge is 0.422 e.